The third kappa shape index (κ3) is 4.92. The molecule has 1 aliphatic rings. The van der Waals surface area contributed by atoms with E-state index in [9.17, 15) is 9.18 Å². The van der Waals surface area contributed by atoms with E-state index >= 15 is 0 Å². The molecule has 0 aliphatic carbocycles. The molecule has 3 heterocycles. The molecule has 2 aromatic heterocycles. The van der Waals surface area contributed by atoms with E-state index in [0.29, 0.717) is 33.9 Å². The van der Waals surface area contributed by atoms with Crippen molar-refractivity contribution in [1.82, 2.24) is 25.4 Å². The Labute approximate surface area is 222 Å². The number of carbonyl (C=O) groups is 1. The van der Waals surface area contributed by atoms with Gasteiger partial charge in [-0.3, -0.25) is 14.8 Å². The first kappa shape index (κ1) is 25.3. The van der Waals surface area contributed by atoms with Crippen LogP contribution in [0.2, 0.25) is 5.02 Å². The van der Waals surface area contributed by atoms with Crippen molar-refractivity contribution in [3.8, 4) is 0 Å². The number of guanidine groups is 1. The average Bonchev–Trinajstić information content (AvgIpc) is 3.51. The number of aliphatic imine (C=N–C) groups is 1. The Bertz CT molecular complexity index is 1610. The first-order valence-corrected chi connectivity index (χ1v) is 12.3. The molecule has 5 rings (SSSR count). The monoisotopic (exact) mass is 536 g/mol. The molecule has 2 aromatic carbocycles. The van der Waals surface area contributed by atoms with E-state index in [1.54, 1.807) is 17.8 Å². The second kappa shape index (κ2) is 10.2. The third-order valence-corrected chi connectivity index (χ3v) is 6.50. The number of nitrogens with one attached hydrogen (secondary N) is 3. The molecule has 38 heavy (non-hydrogen) atoms. The fourth-order valence-corrected chi connectivity index (χ4v) is 4.54. The largest absolute Gasteiger partial charge is 0.421 e. The number of oxazole rings is 1. The van der Waals surface area contributed by atoms with Crippen LogP contribution in [-0.2, 0) is 17.9 Å². The number of anilines is 2. The van der Waals surface area contributed by atoms with Gasteiger partial charge in [0, 0.05) is 41.1 Å². The van der Waals surface area contributed by atoms with Crippen molar-refractivity contribution >= 4 is 46.3 Å². The van der Waals surface area contributed by atoms with Crippen molar-refractivity contribution in [3.63, 3.8) is 0 Å². The molecule has 10 nitrogen and oxygen atoms in total. The quantitative estimate of drug-likeness (QED) is 0.268. The minimum Gasteiger partial charge on any atom is -0.421 e. The number of aromatic nitrogens is 3. The van der Waals surface area contributed by atoms with Crippen LogP contribution in [0.15, 0.2) is 63.4 Å². The molecule has 12 heteroatoms. The number of nitrogen functional groups attached to an aromatic ring is 1. The van der Waals surface area contributed by atoms with E-state index in [4.69, 9.17) is 26.7 Å². The van der Waals surface area contributed by atoms with Gasteiger partial charge in [0.15, 0.2) is 5.58 Å². The van der Waals surface area contributed by atoms with E-state index in [-0.39, 0.29) is 29.2 Å². The number of aryl methyl sites for hydroxylation is 2. The molecule has 0 saturated heterocycles. The van der Waals surface area contributed by atoms with Gasteiger partial charge in [-0.15, -0.1) is 0 Å². The number of carbonyl (C=O) groups excluding carboxylic acids is 1. The van der Waals surface area contributed by atoms with Gasteiger partial charge >= 0.3 is 6.01 Å². The Morgan fingerprint density at radius 3 is 2.84 bits per heavy atom. The second-order valence-corrected chi connectivity index (χ2v) is 9.32. The minimum absolute atomic E-state index is 0.0611. The smallest absolute Gasteiger partial charge is 0.302 e. The number of rotatable bonds is 6. The Balaban J connectivity index is 1.45. The van der Waals surface area contributed by atoms with E-state index < -0.39 is 11.9 Å². The third-order valence-electron chi connectivity index (χ3n) is 6.17. The molecule has 4 aromatic rings. The molecular weight excluding hydrogens is 511 g/mol. The molecular formula is C26H26ClFN8O2. The number of hydrogen-bond acceptors (Lipinski definition) is 8. The predicted molar refractivity (Wildman–Crippen MR) is 144 cm³/mol. The summed E-state index contributed by atoms with van der Waals surface area (Å²) in [6.45, 7) is 6.74. The topological polar surface area (TPSA) is 135 Å². The van der Waals surface area contributed by atoms with Crippen LogP contribution >= 0.6 is 11.6 Å². The molecule has 0 spiro atoms. The van der Waals surface area contributed by atoms with E-state index in [1.165, 1.54) is 12.1 Å². The highest BCUT2D eigenvalue weighted by Crippen LogP contribution is 2.36. The molecule has 1 amide bonds. The van der Waals surface area contributed by atoms with Gasteiger partial charge in [-0.1, -0.05) is 23.7 Å². The molecule has 0 saturated carbocycles. The summed E-state index contributed by atoms with van der Waals surface area (Å²) in [6, 6.07) is 7.61. The Morgan fingerprint density at radius 2 is 2.11 bits per heavy atom. The molecule has 0 fully saturated rings. The molecule has 0 unspecified atom stereocenters. The summed E-state index contributed by atoms with van der Waals surface area (Å²) in [6.07, 6.45) is 3.60. The molecule has 1 atom stereocenters. The maximum atomic E-state index is 13.9. The zero-order chi connectivity index (χ0) is 27.0. The fraction of sp³-hybridized carbons (Fsp3) is 0.231. The molecule has 196 valence electrons. The predicted octanol–water partition coefficient (Wildman–Crippen LogP) is 4.43. The van der Waals surface area contributed by atoms with Gasteiger partial charge in [0.1, 0.15) is 23.1 Å². The first-order valence-electron chi connectivity index (χ1n) is 12.0. The fourth-order valence-electron chi connectivity index (χ4n) is 4.20. The summed E-state index contributed by atoms with van der Waals surface area (Å²) in [4.78, 5) is 22.5. The van der Waals surface area contributed by atoms with Gasteiger partial charge in [0.25, 0.3) is 5.91 Å². The maximum Gasteiger partial charge on any atom is 0.302 e. The lowest BCUT2D eigenvalue weighted by molar-refractivity contribution is -0.118. The van der Waals surface area contributed by atoms with Gasteiger partial charge in [-0.05, 0) is 44.5 Å². The van der Waals surface area contributed by atoms with Crippen LogP contribution in [0, 0.1) is 12.7 Å². The van der Waals surface area contributed by atoms with Crippen LogP contribution < -0.4 is 21.7 Å². The lowest BCUT2D eigenvalue weighted by Crippen LogP contribution is -2.39. The highest BCUT2D eigenvalue weighted by molar-refractivity contribution is 6.31. The summed E-state index contributed by atoms with van der Waals surface area (Å²) < 4.78 is 21.3. The normalized spacial score (nSPS) is 15.4. The Morgan fingerprint density at radius 1 is 1.29 bits per heavy atom. The average molecular weight is 537 g/mol. The highest BCUT2D eigenvalue weighted by Gasteiger charge is 2.31. The van der Waals surface area contributed by atoms with Gasteiger partial charge in [0.05, 0.1) is 11.8 Å². The lowest BCUT2D eigenvalue weighted by Gasteiger charge is -2.27. The number of nitrogens with two attached hydrogens (primary N) is 1. The van der Waals surface area contributed by atoms with Crippen LogP contribution in [0.4, 0.5) is 16.1 Å². The minimum atomic E-state index is -0.725. The number of fused-ring (bicyclic) bond motifs is 1. The zero-order valence-electron chi connectivity index (χ0n) is 21.0. The standard InChI is InChI=1S/C26H26ClFN8O2/c1-4-36-12-15(11-31-36)10-30-24(37)20-14(3)32-25(34-22(20)16-6-5-13(2)9-17(16)27)35-26-33-19-8-7-18(28)21(29)23(19)38-26/h5-9,11-12,22H,4,10,29H2,1-3H3,(H,30,37)(H2,32,33,34,35)/t22-/m1/s1. The van der Waals surface area contributed by atoms with Crippen LogP contribution in [0.1, 0.15) is 36.6 Å². The van der Waals surface area contributed by atoms with Crippen molar-refractivity contribution in [1.29, 1.82) is 0 Å². The van der Waals surface area contributed by atoms with E-state index in [0.717, 1.165) is 17.7 Å². The Kier molecular flexibility index (Phi) is 6.77. The molecule has 0 bridgehead atoms. The summed E-state index contributed by atoms with van der Waals surface area (Å²) in [5.74, 6) is -0.622. The lowest BCUT2D eigenvalue weighted by atomic mass is 9.95. The number of halogens is 2. The summed E-state index contributed by atoms with van der Waals surface area (Å²) in [7, 11) is 0. The van der Waals surface area contributed by atoms with Gasteiger partial charge in [-0.2, -0.15) is 10.1 Å². The summed E-state index contributed by atoms with van der Waals surface area (Å²) in [5, 5.41) is 13.8. The molecule has 1 aliphatic heterocycles. The van der Waals surface area contributed by atoms with Gasteiger partial charge < -0.3 is 20.8 Å². The zero-order valence-corrected chi connectivity index (χ0v) is 21.7. The number of hydrogen-bond donors (Lipinski definition) is 4. The Hall–Kier alpha value is -4.38. The van der Waals surface area contributed by atoms with Crippen molar-refractivity contribution in [2.75, 3.05) is 11.1 Å². The van der Waals surface area contributed by atoms with Crippen LogP contribution in [0.5, 0.6) is 0 Å². The van der Waals surface area contributed by atoms with Crippen LogP contribution in [0.3, 0.4) is 0 Å². The van der Waals surface area contributed by atoms with Gasteiger partial charge in [-0.25, -0.2) is 9.38 Å². The summed E-state index contributed by atoms with van der Waals surface area (Å²) >= 11 is 6.61. The number of benzene rings is 2. The van der Waals surface area contributed by atoms with Crippen molar-refractivity contribution in [3.05, 3.63) is 81.5 Å². The first-order chi connectivity index (χ1) is 18.2. The van der Waals surface area contributed by atoms with Crippen LogP contribution in [0.25, 0.3) is 11.1 Å². The molecule has 5 N–H and O–H groups in total. The van der Waals surface area contributed by atoms with E-state index in [2.05, 4.69) is 26.0 Å². The second-order valence-electron chi connectivity index (χ2n) is 8.91. The van der Waals surface area contributed by atoms with E-state index in [1.807, 2.05) is 38.2 Å². The number of amides is 1. The van der Waals surface area contributed by atoms with Crippen LogP contribution in [-0.4, -0.2) is 26.6 Å². The summed E-state index contributed by atoms with van der Waals surface area (Å²) in [5.41, 5.74) is 9.66. The van der Waals surface area contributed by atoms with Gasteiger partial charge in [0.2, 0.25) is 5.96 Å². The SMILES string of the molecule is CCn1cc(CNC(=O)C2=C(C)NC(Nc3nc4ccc(F)c(N)c4o3)=N[C@@H]2c2ccc(C)cc2Cl)cn1. The maximum absolute atomic E-state index is 13.9. The highest BCUT2D eigenvalue weighted by atomic mass is 35.5. The van der Waals surface area contributed by atoms with Crippen molar-refractivity contribution in [2.24, 2.45) is 4.99 Å². The molecule has 0 radical (unpaired) electrons. The van der Waals surface area contributed by atoms with Crippen molar-refractivity contribution < 1.29 is 13.6 Å². The number of nitrogens with zero attached hydrogens (tertiary/aromatic N) is 4. The number of allylic oxidation sites excluding steroid dienone is 1. The van der Waals surface area contributed by atoms with Crippen molar-refractivity contribution in [2.45, 2.75) is 39.9 Å².